The van der Waals surface area contributed by atoms with E-state index in [1.165, 1.54) is 6.07 Å². The second-order valence-electron chi connectivity index (χ2n) is 4.66. The molecular weight excluding hydrogens is 308 g/mol. The van der Waals surface area contributed by atoms with Gasteiger partial charge in [0.15, 0.2) is 0 Å². The Labute approximate surface area is 128 Å². The molecule has 112 valence electrons. The molecule has 21 heavy (non-hydrogen) atoms. The van der Waals surface area contributed by atoms with E-state index >= 15 is 0 Å². The molecule has 0 amide bonds. The molecule has 4 N–H and O–H groups in total. The first-order valence-electron chi connectivity index (χ1n) is 6.23. The summed E-state index contributed by atoms with van der Waals surface area (Å²) in [6, 6.07) is 4.39. The summed E-state index contributed by atoms with van der Waals surface area (Å²) in [5, 5.41) is 0. The number of hydrogen-bond donors (Lipinski definition) is 3. The number of H-pyrrole nitrogens is 1. The molecule has 6 nitrogen and oxygen atoms in total. The molecule has 1 heterocycles. The number of aryl methyl sites for hydroxylation is 1. The van der Waals surface area contributed by atoms with E-state index in [9.17, 15) is 8.42 Å². The molecule has 2 rings (SSSR count). The molecule has 0 radical (unpaired) electrons. The van der Waals surface area contributed by atoms with Crippen molar-refractivity contribution < 1.29 is 8.42 Å². The number of benzene rings is 1. The van der Waals surface area contributed by atoms with Crippen LogP contribution in [-0.2, 0) is 10.0 Å². The van der Waals surface area contributed by atoms with E-state index in [4.69, 9.17) is 18.0 Å². The summed E-state index contributed by atoms with van der Waals surface area (Å²) in [5.74, 6) is 0.543. The second kappa shape index (κ2) is 5.92. The first-order valence-corrected chi connectivity index (χ1v) is 8.12. The maximum Gasteiger partial charge on any atom is 0.241 e. The normalized spacial score (nSPS) is 13.0. The summed E-state index contributed by atoms with van der Waals surface area (Å²) in [6.07, 6.45) is 3.21. The van der Waals surface area contributed by atoms with Crippen LogP contribution in [0.25, 0.3) is 0 Å². The predicted molar refractivity (Wildman–Crippen MR) is 84.4 cm³/mol. The average molecular weight is 324 g/mol. The van der Waals surface area contributed by atoms with Gasteiger partial charge in [-0.2, -0.15) is 0 Å². The maximum absolute atomic E-state index is 12.5. The van der Waals surface area contributed by atoms with Crippen molar-refractivity contribution in [3.05, 3.63) is 47.5 Å². The van der Waals surface area contributed by atoms with Gasteiger partial charge in [0.05, 0.1) is 10.9 Å². The Balaban J connectivity index is 2.35. The van der Waals surface area contributed by atoms with E-state index in [1.54, 1.807) is 38.4 Å². The van der Waals surface area contributed by atoms with Gasteiger partial charge in [-0.25, -0.2) is 18.1 Å². The Morgan fingerprint density at radius 1 is 1.48 bits per heavy atom. The fraction of sp³-hybridized carbons (Fsp3) is 0.231. The number of nitrogens with one attached hydrogen (secondary N) is 2. The predicted octanol–water partition coefficient (Wildman–Crippen LogP) is 1.39. The highest BCUT2D eigenvalue weighted by Gasteiger charge is 2.22. The van der Waals surface area contributed by atoms with E-state index in [2.05, 4.69) is 14.7 Å². The molecule has 0 bridgehead atoms. The van der Waals surface area contributed by atoms with E-state index in [0.29, 0.717) is 17.0 Å². The summed E-state index contributed by atoms with van der Waals surface area (Å²) < 4.78 is 27.6. The molecule has 1 aromatic carbocycles. The quantitative estimate of drug-likeness (QED) is 0.722. The van der Waals surface area contributed by atoms with Gasteiger partial charge in [-0.1, -0.05) is 24.4 Å². The molecule has 0 fully saturated rings. The highest BCUT2D eigenvalue weighted by atomic mass is 32.2. The van der Waals surface area contributed by atoms with Crippen molar-refractivity contribution in [2.24, 2.45) is 5.73 Å². The smallest absolute Gasteiger partial charge is 0.241 e. The van der Waals surface area contributed by atoms with E-state index in [1.807, 2.05) is 0 Å². The average Bonchev–Trinajstić information content (AvgIpc) is 2.92. The molecule has 0 aliphatic carbocycles. The zero-order chi connectivity index (χ0) is 15.6. The number of hydrogen-bond acceptors (Lipinski definition) is 4. The summed E-state index contributed by atoms with van der Waals surface area (Å²) in [7, 11) is -3.70. The number of thiocarbonyl (C=S) groups is 1. The van der Waals surface area contributed by atoms with E-state index in [0.717, 1.165) is 0 Å². The minimum Gasteiger partial charge on any atom is -0.389 e. The van der Waals surface area contributed by atoms with Crippen molar-refractivity contribution >= 4 is 27.2 Å². The molecule has 2 aromatic rings. The number of aromatic amines is 1. The van der Waals surface area contributed by atoms with Crippen LogP contribution in [0.4, 0.5) is 0 Å². The zero-order valence-electron chi connectivity index (χ0n) is 11.6. The van der Waals surface area contributed by atoms with Crippen molar-refractivity contribution in [2.45, 2.75) is 24.8 Å². The van der Waals surface area contributed by atoms with Gasteiger partial charge in [-0.3, -0.25) is 0 Å². The largest absolute Gasteiger partial charge is 0.389 e. The number of nitrogens with zero attached hydrogens (tertiary/aromatic N) is 1. The first-order chi connectivity index (χ1) is 9.81. The lowest BCUT2D eigenvalue weighted by atomic mass is 10.1. The summed E-state index contributed by atoms with van der Waals surface area (Å²) in [5.41, 5.74) is 6.69. The Bertz CT molecular complexity index is 754. The van der Waals surface area contributed by atoms with Crippen molar-refractivity contribution in [3.8, 4) is 0 Å². The number of rotatable bonds is 5. The summed E-state index contributed by atoms with van der Waals surface area (Å²) in [4.78, 5) is 7.23. The molecule has 8 heteroatoms. The lowest BCUT2D eigenvalue weighted by Crippen LogP contribution is -2.28. The van der Waals surface area contributed by atoms with Crippen molar-refractivity contribution in [1.29, 1.82) is 0 Å². The van der Waals surface area contributed by atoms with Crippen molar-refractivity contribution in [1.82, 2.24) is 14.7 Å². The Morgan fingerprint density at radius 2 is 2.19 bits per heavy atom. The van der Waals surface area contributed by atoms with Crippen LogP contribution in [0.15, 0.2) is 35.5 Å². The Kier molecular flexibility index (Phi) is 4.40. The van der Waals surface area contributed by atoms with E-state index in [-0.39, 0.29) is 9.88 Å². The zero-order valence-corrected chi connectivity index (χ0v) is 13.3. The third-order valence-electron chi connectivity index (χ3n) is 3.02. The van der Waals surface area contributed by atoms with Gasteiger partial charge in [-0.05, 0) is 25.5 Å². The molecule has 1 unspecified atom stereocenters. The lowest BCUT2D eigenvalue weighted by Gasteiger charge is -2.14. The molecule has 0 saturated heterocycles. The monoisotopic (exact) mass is 324 g/mol. The maximum atomic E-state index is 12.5. The molecule has 1 aromatic heterocycles. The van der Waals surface area contributed by atoms with E-state index < -0.39 is 16.1 Å². The summed E-state index contributed by atoms with van der Waals surface area (Å²) in [6.45, 7) is 3.43. The van der Waals surface area contributed by atoms with Crippen LogP contribution in [-0.4, -0.2) is 23.4 Å². The molecule has 1 atom stereocenters. The van der Waals surface area contributed by atoms with Crippen LogP contribution in [0.1, 0.15) is 29.9 Å². The van der Waals surface area contributed by atoms with Gasteiger partial charge in [-0.15, -0.1) is 0 Å². The van der Waals surface area contributed by atoms with Crippen LogP contribution in [0.2, 0.25) is 0 Å². The van der Waals surface area contributed by atoms with Crippen LogP contribution in [0.3, 0.4) is 0 Å². The minimum absolute atomic E-state index is 0.158. The number of sulfonamides is 1. The fourth-order valence-electron chi connectivity index (χ4n) is 1.91. The molecular formula is C13H16N4O2S2. The molecule has 0 aliphatic rings. The summed E-state index contributed by atoms with van der Waals surface area (Å²) >= 11 is 4.89. The molecule has 0 spiro atoms. The standard InChI is InChI=1S/C13H16N4O2S2/c1-8-3-4-10(12(14)20)7-11(8)21(18,19)17-9(2)13-15-5-6-16-13/h3-7,9,17H,1-2H3,(H2,14,20)(H,15,16). The SMILES string of the molecule is Cc1ccc(C(N)=S)cc1S(=O)(=O)NC(C)c1ncc[nH]1. The van der Waals surface area contributed by atoms with Crippen LogP contribution in [0, 0.1) is 6.92 Å². The van der Waals surface area contributed by atoms with Gasteiger partial charge in [0.1, 0.15) is 10.8 Å². The van der Waals surface area contributed by atoms with Crippen molar-refractivity contribution in [3.63, 3.8) is 0 Å². The Morgan fingerprint density at radius 3 is 2.76 bits per heavy atom. The van der Waals surface area contributed by atoms with Crippen LogP contribution < -0.4 is 10.5 Å². The molecule has 0 aliphatic heterocycles. The van der Waals surface area contributed by atoms with Gasteiger partial charge in [0.2, 0.25) is 10.0 Å². The third kappa shape index (κ3) is 3.46. The number of nitrogens with two attached hydrogens (primary N) is 1. The fourth-order valence-corrected chi connectivity index (χ4v) is 3.51. The van der Waals surface area contributed by atoms with Gasteiger partial charge in [0.25, 0.3) is 0 Å². The lowest BCUT2D eigenvalue weighted by molar-refractivity contribution is 0.560. The topological polar surface area (TPSA) is 101 Å². The Hall–Kier alpha value is -1.77. The van der Waals surface area contributed by atoms with Gasteiger partial charge < -0.3 is 10.7 Å². The van der Waals surface area contributed by atoms with Gasteiger partial charge >= 0.3 is 0 Å². The third-order valence-corrected chi connectivity index (χ3v) is 4.94. The second-order valence-corrected chi connectivity index (χ2v) is 6.78. The highest BCUT2D eigenvalue weighted by molar-refractivity contribution is 7.89. The minimum atomic E-state index is -3.70. The first kappa shape index (κ1) is 15.6. The van der Waals surface area contributed by atoms with Crippen molar-refractivity contribution in [2.75, 3.05) is 0 Å². The highest BCUT2D eigenvalue weighted by Crippen LogP contribution is 2.19. The van der Waals surface area contributed by atoms with Crippen LogP contribution >= 0.6 is 12.2 Å². The van der Waals surface area contributed by atoms with Crippen LogP contribution in [0.5, 0.6) is 0 Å². The number of imidazole rings is 1. The van der Waals surface area contributed by atoms with Gasteiger partial charge in [0, 0.05) is 18.0 Å². The molecule has 0 saturated carbocycles. The number of aromatic nitrogens is 2.